The zero-order chi connectivity index (χ0) is 23.4. The summed E-state index contributed by atoms with van der Waals surface area (Å²) in [6, 6.07) is 8.72. The molecule has 174 valence electrons. The standard InChI is InChI=1S/C23H24F3N5O2/c1-30-7-8-33-16(11-30)10-29-20(32)21-12-22(21,23(24,25)26)14-31(13-21)18-5-4-15(9-27)19-17(18)3-2-6-28-19/h2-6,16H,7-8,10-14H2,1H3,(H,29,32). The number of morpholine rings is 1. The number of amides is 1. The molecule has 0 spiro atoms. The van der Waals surface area contributed by atoms with Crippen LogP contribution < -0.4 is 10.2 Å². The van der Waals surface area contributed by atoms with Gasteiger partial charge in [0.25, 0.3) is 0 Å². The van der Waals surface area contributed by atoms with Gasteiger partial charge >= 0.3 is 6.18 Å². The zero-order valence-corrected chi connectivity index (χ0v) is 18.2. The monoisotopic (exact) mass is 459 g/mol. The maximum absolute atomic E-state index is 14.3. The van der Waals surface area contributed by atoms with Gasteiger partial charge in [-0.3, -0.25) is 9.78 Å². The van der Waals surface area contributed by atoms with Gasteiger partial charge in [0.05, 0.1) is 29.2 Å². The van der Waals surface area contributed by atoms with Gasteiger partial charge in [0.2, 0.25) is 5.91 Å². The number of halogens is 3. The maximum Gasteiger partial charge on any atom is 0.397 e. The van der Waals surface area contributed by atoms with Crippen molar-refractivity contribution in [2.45, 2.75) is 18.7 Å². The van der Waals surface area contributed by atoms with Crippen LogP contribution in [0.3, 0.4) is 0 Å². The van der Waals surface area contributed by atoms with Gasteiger partial charge in [-0.15, -0.1) is 0 Å². The number of ether oxygens (including phenoxy) is 1. The van der Waals surface area contributed by atoms with Gasteiger partial charge in [0, 0.05) is 50.0 Å². The molecule has 0 bridgehead atoms. The number of piperidine rings is 1. The third-order valence-corrected chi connectivity index (χ3v) is 7.33. The van der Waals surface area contributed by atoms with Crippen molar-refractivity contribution in [3.05, 3.63) is 36.0 Å². The number of nitrogens with zero attached hydrogens (tertiary/aromatic N) is 4. The summed E-state index contributed by atoms with van der Waals surface area (Å²) in [5.74, 6) is -0.574. The number of carbonyl (C=O) groups excluding carboxylic acids is 1. The van der Waals surface area contributed by atoms with E-state index in [2.05, 4.69) is 21.3 Å². The van der Waals surface area contributed by atoms with Gasteiger partial charge in [-0.2, -0.15) is 18.4 Å². The zero-order valence-electron chi connectivity index (χ0n) is 18.2. The molecule has 2 saturated heterocycles. The third kappa shape index (κ3) is 3.33. The number of fused-ring (bicyclic) bond motifs is 2. The SMILES string of the molecule is CN1CCOC(CNC(=O)C23CN(c4ccc(C#N)c5ncccc45)CC2(C(F)(F)F)C3)C1. The number of aromatic nitrogens is 1. The first-order chi connectivity index (χ1) is 15.7. The summed E-state index contributed by atoms with van der Waals surface area (Å²) in [4.78, 5) is 21.1. The van der Waals surface area contributed by atoms with E-state index >= 15 is 0 Å². The number of carbonyl (C=O) groups is 1. The molecule has 5 rings (SSSR count). The number of likely N-dealkylation sites (N-methyl/N-ethyl adjacent to an activating group) is 1. The van der Waals surface area contributed by atoms with Crippen LogP contribution in [0.15, 0.2) is 30.5 Å². The molecule has 0 radical (unpaired) electrons. The van der Waals surface area contributed by atoms with Crippen LogP contribution in [-0.4, -0.2) is 74.4 Å². The molecule has 3 atom stereocenters. The average Bonchev–Trinajstić information content (AvgIpc) is 3.34. The summed E-state index contributed by atoms with van der Waals surface area (Å²) < 4.78 is 48.4. The Kier molecular flexibility index (Phi) is 5.03. The molecule has 3 aliphatic rings. The number of nitrogens with one attached hydrogen (secondary N) is 1. The van der Waals surface area contributed by atoms with Crippen molar-refractivity contribution in [3.8, 4) is 6.07 Å². The minimum Gasteiger partial charge on any atom is -0.374 e. The molecule has 2 aliphatic heterocycles. The van der Waals surface area contributed by atoms with Crippen LogP contribution in [-0.2, 0) is 9.53 Å². The Hall–Kier alpha value is -2.90. The molecule has 1 aromatic heterocycles. The maximum atomic E-state index is 14.3. The van der Waals surface area contributed by atoms with Crippen molar-refractivity contribution >= 4 is 22.5 Å². The highest BCUT2D eigenvalue weighted by atomic mass is 19.4. The van der Waals surface area contributed by atoms with E-state index < -0.39 is 22.9 Å². The summed E-state index contributed by atoms with van der Waals surface area (Å²) in [7, 11) is 1.94. The van der Waals surface area contributed by atoms with Crippen LogP contribution in [0, 0.1) is 22.2 Å². The van der Waals surface area contributed by atoms with E-state index in [0.717, 1.165) is 6.54 Å². The van der Waals surface area contributed by atoms with E-state index in [1.165, 1.54) is 0 Å². The van der Waals surface area contributed by atoms with Gasteiger partial charge in [-0.25, -0.2) is 0 Å². The fourth-order valence-electron chi connectivity index (χ4n) is 5.48. The Morgan fingerprint density at radius 3 is 2.91 bits per heavy atom. The van der Waals surface area contributed by atoms with Crippen LogP contribution in [0.2, 0.25) is 0 Å². The van der Waals surface area contributed by atoms with E-state index in [1.807, 2.05) is 7.05 Å². The molecular formula is C23H24F3N5O2. The summed E-state index contributed by atoms with van der Waals surface area (Å²) >= 11 is 0. The predicted octanol–water partition coefficient (Wildman–Crippen LogP) is 2.31. The molecule has 2 aromatic rings. The lowest BCUT2D eigenvalue weighted by atomic mass is 9.94. The number of benzene rings is 1. The molecule has 3 heterocycles. The number of pyridine rings is 1. The Bertz CT molecular complexity index is 1150. The fourth-order valence-corrected chi connectivity index (χ4v) is 5.48. The number of nitriles is 1. The highest BCUT2D eigenvalue weighted by Gasteiger charge is 2.86. The van der Waals surface area contributed by atoms with E-state index in [-0.39, 0.29) is 32.2 Å². The van der Waals surface area contributed by atoms with Crippen molar-refractivity contribution in [1.82, 2.24) is 15.2 Å². The molecule has 10 heteroatoms. The van der Waals surface area contributed by atoms with Crippen molar-refractivity contribution in [1.29, 1.82) is 5.26 Å². The topological polar surface area (TPSA) is 81.5 Å². The Morgan fingerprint density at radius 2 is 2.18 bits per heavy atom. The first kappa shape index (κ1) is 21.9. The minimum absolute atomic E-state index is 0.0420. The second kappa shape index (κ2) is 7.57. The van der Waals surface area contributed by atoms with E-state index in [4.69, 9.17) is 4.74 Å². The molecule has 33 heavy (non-hydrogen) atoms. The van der Waals surface area contributed by atoms with Gasteiger partial charge in [0.1, 0.15) is 11.5 Å². The smallest absolute Gasteiger partial charge is 0.374 e. The van der Waals surface area contributed by atoms with Gasteiger partial charge in [-0.05, 0) is 37.7 Å². The third-order valence-electron chi connectivity index (χ3n) is 7.33. The van der Waals surface area contributed by atoms with Crippen LogP contribution in [0.5, 0.6) is 0 Å². The lowest BCUT2D eigenvalue weighted by Gasteiger charge is -2.30. The first-order valence-corrected chi connectivity index (χ1v) is 10.9. The Labute approximate surface area is 189 Å². The van der Waals surface area contributed by atoms with Crippen LogP contribution in [0.25, 0.3) is 10.9 Å². The fraction of sp³-hybridized carbons (Fsp3) is 0.522. The molecule has 1 aliphatic carbocycles. The molecular weight excluding hydrogens is 435 g/mol. The van der Waals surface area contributed by atoms with E-state index in [9.17, 15) is 23.2 Å². The highest BCUT2D eigenvalue weighted by molar-refractivity contribution is 5.97. The number of rotatable bonds is 4. The molecule has 1 aromatic carbocycles. The van der Waals surface area contributed by atoms with Crippen LogP contribution >= 0.6 is 0 Å². The normalized spacial score (nSPS) is 29.5. The van der Waals surface area contributed by atoms with Crippen LogP contribution in [0.1, 0.15) is 12.0 Å². The number of alkyl halides is 3. The Morgan fingerprint density at radius 1 is 1.36 bits per heavy atom. The molecule has 1 N–H and O–H groups in total. The molecule has 1 amide bonds. The number of anilines is 1. The van der Waals surface area contributed by atoms with E-state index in [0.29, 0.717) is 35.3 Å². The summed E-state index contributed by atoms with van der Waals surface area (Å²) in [5.41, 5.74) is -2.27. The first-order valence-electron chi connectivity index (χ1n) is 10.9. The van der Waals surface area contributed by atoms with Gasteiger partial charge < -0.3 is 19.9 Å². The summed E-state index contributed by atoms with van der Waals surface area (Å²) in [6.45, 7) is 1.77. The number of hydrogen-bond acceptors (Lipinski definition) is 6. The molecule has 3 unspecified atom stereocenters. The quantitative estimate of drug-likeness (QED) is 0.756. The molecule has 7 nitrogen and oxygen atoms in total. The van der Waals surface area contributed by atoms with Crippen molar-refractivity contribution < 1.29 is 22.7 Å². The van der Waals surface area contributed by atoms with Gasteiger partial charge in [0.15, 0.2) is 0 Å². The minimum atomic E-state index is -4.51. The second-order valence-electron chi connectivity index (χ2n) is 9.30. The summed E-state index contributed by atoms with van der Waals surface area (Å²) in [6.07, 6.45) is -3.43. The molecule has 1 saturated carbocycles. The van der Waals surface area contributed by atoms with Gasteiger partial charge in [-0.1, -0.05) is 0 Å². The predicted molar refractivity (Wildman–Crippen MR) is 114 cm³/mol. The second-order valence-corrected chi connectivity index (χ2v) is 9.30. The van der Waals surface area contributed by atoms with E-state index in [1.54, 1.807) is 35.4 Å². The van der Waals surface area contributed by atoms with Crippen LogP contribution in [0.4, 0.5) is 18.9 Å². The lowest BCUT2D eigenvalue weighted by Crippen LogP contribution is -2.48. The largest absolute Gasteiger partial charge is 0.397 e. The molecule has 3 fully saturated rings. The Balaban J connectivity index is 1.42. The lowest BCUT2D eigenvalue weighted by molar-refractivity contribution is -0.191. The van der Waals surface area contributed by atoms with Crippen molar-refractivity contribution in [2.75, 3.05) is 51.3 Å². The van der Waals surface area contributed by atoms with Crippen molar-refractivity contribution in [2.24, 2.45) is 10.8 Å². The highest BCUT2D eigenvalue weighted by Crippen LogP contribution is 2.75. The number of hydrogen-bond donors (Lipinski definition) is 1. The summed E-state index contributed by atoms with van der Waals surface area (Å²) in [5, 5.41) is 12.7. The van der Waals surface area contributed by atoms with Crippen molar-refractivity contribution in [3.63, 3.8) is 0 Å². The average molecular weight is 459 g/mol.